The predicted molar refractivity (Wildman–Crippen MR) is 84.7 cm³/mol. The van der Waals surface area contributed by atoms with Gasteiger partial charge in [-0.2, -0.15) is 0 Å². The molecule has 1 aromatic rings. The number of carboxylic acid groups (broad SMARTS) is 1. The molecule has 0 spiro atoms. The second kappa shape index (κ2) is 5.91. The van der Waals surface area contributed by atoms with Crippen molar-refractivity contribution in [3.63, 3.8) is 0 Å². The van der Waals surface area contributed by atoms with E-state index in [1.165, 1.54) is 4.90 Å². The molecule has 0 aromatic heterocycles. The highest BCUT2D eigenvalue weighted by atomic mass is 16.4. The molecule has 122 valence electrons. The van der Waals surface area contributed by atoms with E-state index in [0.29, 0.717) is 43.6 Å². The molecule has 0 radical (unpaired) electrons. The van der Waals surface area contributed by atoms with Gasteiger partial charge in [0.15, 0.2) is 0 Å². The zero-order chi connectivity index (χ0) is 16.6. The molecule has 7 nitrogen and oxygen atoms in total. The minimum Gasteiger partial charge on any atom is -0.480 e. The number of carboxylic acids is 1. The lowest BCUT2D eigenvalue weighted by Gasteiger charge is -2.23. The van der Waals surface area contributed by atoms with E-state index in [1.807, 2.05) is 11.9 Å². The third kappa shape index (κ3) is 2.86. The number of likely N-dealkylation sites (tertiary alicyclic amines) is 1. The summed E-state index contributed by atoms with van der Waals surface area (Å²) in [5, 5.41) is 12.0. The van der Waals surface area contributed by atoms with Crippen LogP contribution in [-0.4, -0.2) is 54.0 Å². The molecule has 0 unspecified atom stereocenters. The lowest BCUT2D eigenvalue weighted by Crippen LogP contribution is -2.40. The van der Waals surface area contributed by atoms with E-state index in [2.05, 4.69) is 5.32 Å². The Labute approximate surface area is 133 Å². The van der Waals surface area contributed by atoms with Gasteiger partial charge in [0.2, 0.25) is 5.91 Å². The Morgan fingerprint density at radius 1 is 1.30 bits per heavy atom. The largest absolute Gasteiger partial charge is 0.480 e. The summed E-state index contributed by atoms with van der Waals surface area (Å²) in [5.74, 6) is -1.37. The van der Waals surface area contributed by atoms with Gasteiger partial charge >= 0.3 is 5.97 Å². The zero-order valence-electron chi connectivity index (χ0n) is 12.9. The standard InChI is InChI=1S/C16H19N3O4/c1-18-8-6-14(20)17-11-9-10(4-5-12(11)18)15(21)19-7-2-3-13(19)16(22)23/h4-5,9,13H,2-3,6-8H2,1H3,(H,17,20)(H,22,23)/t13-/m0/s1. The fourth-order valence-electron chi connectivity index (χ4n) is 3.14. The molecule has 2 amide bonds. The molecule has 1 aromatic carbocycles. The van der Waals surface area contributed by atoms with Gasteiger partial charge in [0, 0.05) is 32.1 Å². The van der Waals surface area contributed by atoms with Crippen LogP contribution in [0.2, 0.25) is 0 Å². The third-order valence-corrected chi connectivity index (χ3v) is 4.40. The van der Waals surface area contributed by atoms with Crippen molar-refractivity contribution in [2.24, 2.45) is 0 Å². The number of carbonyl (C=O) groups excluding carboxylic acids is 2. The molecule has 1 atom stereocenters. The number of nitrogens with zero attached hydrogens (tertiary/aromatic N) is 2. The van der Waals surface area contributed by atoms with Gasteiger partial charge < -0.3 is 20.2 Å². The Bertz CT molecular complexity index is 673. The zero-order valence-corrected chi connectivity index (χ0v) is 12.9. The van der Waals surface area contributed by atoms with Crippen molar-refractivity contribution < 1.29 is 19.5 Å². The molecular formula is C16H19N3O4. The fraction of sp³-hybridized carbons (Fsp3) is 0.438. The van der Waals surface area contributed by atoms with Gasteiger partial charge in [-0.3, -0.25) is 9.59 Å². The summed E-state index contributed by atoms with van der Waals surface area (Å²) >= 11 is 0. The quantitative estimate of drug-likeness (QED) is 0.854. The van der Waals surface area contributed by atoms with E-state index in [9.17, 15) is 19.5 Å². The van der Waals surface area contributed by atoms with Crippen LogP contribution in [0.15, 0.2) is 18.2 Å². The molecule has 23 heavy (non-hydrogen) atoms. The number of hydrogen-bond donors (Lipinski definition) is 2. The van der Waals surface area contributed by atoms with E-state index >= 15 is 0 Å². The molecule has 0 aliphatic carbocycles. The summed E-state index contributed by atoms with van der Waals surface area (Å²) in [6, 6.07) is 4.35. The van der Waals surface area contributed by atoms with Crippen molar-refractivity contribution in [2.75, 3.05) is 30.4 Å². The van der Waals surface area contributed by atoms with Gasteiger partial charge in [0.1, 0.15) is 6.04 Å². The van der Waals surface area contributed by atoms with Gasteiger partial charge in [-0.05, 0) is 31.0 Å². The number of amides is 2. The van der Waals surface area contributed by atoms with Crippen molar-refractivity contribution >= 4 is 29.2 Å². The maximum absolute atomic E-state index is 12.6. The number of nitrogens with one attached hydrogen (secondary N) is 1. The summed E-state index contributed by atoms with van der Waals surface area (Å²) < 4.78 is 0. The van der Waals surface area contributed by atoms with Crippen LogP contribution in [0, 0.1) is 0 Å². The number of aliphatic carboxylic acids is 1. The summed E-state index contributed by atoms with van der Waals surface area (Å²) in [6.45, 7) is 1.05. The van der Waals surface area contributed by atoms with E-state index in [-0.39, 0.29) is 11.8 Å². The topological polar surface area (TPSA) is 90.0 Å². The lowest BCUT2D eigenvalue weighted by atomic mass is 10.1. The van der Waals surface area contributed by atoms with E-state index in [1.54, 1.807) is 18.2 Å². The number of anilines is 2. The minimum atomic E-state index is -0.973. The van der Waals surface area contributed by atoms with Crippen molar-refractivity contribution in [2.45, 2.75) is 25.3 Å². The van der Waals surface area contributed by atoms with Crippen molar-refractivity contribution in [1.29, 1.82) is 0 Å². The van der Waals surface area contributed by atoms with Crippen LogP contribution in [-0.2, 0) is 9.59 Å². The van der Waals surface area contributed by atoms with Crippen LogP contribution >= 0.6 is 0 Å². The second-order valence-corrected chi connectivity index (χ2v) is 5.95. The molecule has 2 heterocycles. The highest BCUT2D eigenvalue weighted by molar-refractivity contribution is 6.02. The van der Waals surface area contributed by atoms with Crippen LogP contribution < -0.4 is 10.2 Å². The normalized spacial score (nSPS) is 20.7. The average molecular weight is 317 g/mol. The molecule has 7 heteroatoms. The van der Waals surface area contributed by atoms with E-state index in [0.717, 1.165) is 5.69 Å². The number of benzene rings is 1. The SMILES string of the molecule is CN1CCC(=O)Nc2cc(C(=O)N3CCC[C@H]3C(=O)O)ccc21. The van der Waals surface area contributed by atoms with Crippen LogP contribution in [0.3, 0.4) is 0 Å². The van der Waals surface area contributed by atoms with E-state index < -0.39 is 12.0 Å². The first kappa shape index (κ1) is 15.3. The smallest absolute Gasteiger partial charge is 0.326 e. The molecule has 1 fully saturated rings. The highest BCUT2D eigenvalue weighted by Crippen LogP contribution is 2.30. The van der Waals surface area contributed by atoms with Gasteiger partial charge in [0.05, 0.1) is 11.4 Å². The van der Waals surface area contributed by atoms with Gasteiger partial charge in [0.25, 0.3) is 5.91 Å². The molecule has 0 saturated carbocycles. The van der Waals surface area contributed by atoms with Gasteiger partial charge in [-0.15, -0.1) is 0 Å². The average Bonchev–Trinajstić information content (AvgIpc) is 2.96. The Morgan fingerprint density at radius 3 is 2.83 bits per heavy atom. The number of fused-ring (bicyclic) bond motifs is 1. The lowest BCUT2D eigenvalue weighted by molar-refractivity contribution is -0.141. The fourth-order valence-corrected chi connectivity index (χ4v) is 3.14. The van der Waals surface area contributed by atoms with Crippen molar-refractivity contribution in [3.8, 4) is 0 Å². The van der Waals surface area contributed by atoms with Gasteiger partial charge in [-0.1, -0.05) is 0 Å². The number of hydrogen-bond acceptors (Lipinski definition) is 4. The summed E-state index contributed by atoms with van der Waals surface area (Å²) in [4.78, 5) is 39.0. The number of rotatable bonds is 2. The number of carbonyl (C=O) groups is 3. The monoisotopic (exact) mass is 317 g/mol. The molecular weight excluding hydrogens is 298 g/mol. The first-order valence-electron chi connectivity index (χ1n) is 7.66. The maximum atomic E-state index is 12.6. The predicted octanol–water partition coefficient (Wildman–Crippen LogP) is 1.15. The second-order valence-electron chi connectivity index (χ2n) is 5.95. The summed E-state index contributed by atoms with van der Waals surface area (Å²) in [7, 11) is 1.89. The van der Waals surface area contributed by atoms with Crippen LogP contribution in [0.4, 0.5) is 11.4 Å². The Kier molecular flexibility index (Phi) is 3.94. The minimum absolute atomic E-state index is 0.0928. The summed E-state index contributed by atoms with van der Waals surface area (Å²) in [6.07, 6.45) is 1.56. The third-order valence-electron chi connectivity index (χ3n) is 4.40. The first-order valence-corrected chi connectivity index (χ1v) is 7.66. The van der Waals surface area contributed by atoms with Gasteiger partial charge in [-0.25, -0.2) is 4.79 Å². The highest BCUT2D eigenvalue weighted by Gasteiger charge is 2.34. The molecule has 2 aliphatic heterocycles. The van der Waals surface area contributed by atoms with Crippen LogP contribution in [0.1, 0.15) is 29.6 Å². The van der Waals surface area contributed by atoms with Crippen LogP contribution in [0.25, 0.3) is 0 Å². The Morgan fingerprint density at radius 2 is 2.09 bits per heavy atom. The maximum Gasteiger partial charge on any atom is 0.326 e. The summed E-state index contributed by atoms with van der Waals surface area (Å²) in [5.41, 5.74) is 1.84. The molecule has 2 aliphatic rings. The van der Waals surface area contributed by atoms with Crippen molar-refractivity contribution in [1.82, 2.24) is 4.90 Å². The first-order chi connectivity index (χ1) is 11.0. The Balaban J connectivity index is 1.90. The molecule has 1 saturated heterocycles. The molecule has 2 N–H and O–H groups in total. The van der Waals surface area contributed by atoms with E-state index in [4.69, 9.17) is 0 Å². The Hall–Kier alpha value is -2.57. The molecule has 3 rings (SSSR count). The van der Waals surface area contributed by atoms with Crippen molar-refractivity contribution in [3.05, 3.63) is 23.8 Å². The molecule has 0 bridgehead atoms. The van der Waals surface area contributed by atoms with Crippen LogP contribution in [0.5, 0.6) is 0 Å².